The molecule has 0 unspecified atom stereocenters. The van der Waals surface area contributed by atoms with Crippen LogP contribution >= 0.6 is 0 Å². The number of anilines is 1. The number of ether oxygens (including phenoxy) is 1. The summed E-state index contributed by atoms with van der Waals surface area (Å²) in [5, 5.41) is 0. The molecule has 1 amide bonds. The van der Waals surface area contributed by atoms with Crippen molar-refractivity contribution in [1.29, 1.82) is 0 Å². The quantitative estimate of drug-likeness (QED) is 0.592. The van der Waals surface area contributed by atoms with Gasteiger partial charge in [0.15, 0.2) is 5.78 Å². The first-order valence-corrected chi connectivity index (χ1v) is 6.89. The molecule has 1 aromatic heterocycles. The number of methoxy groups -OCH3 is 1. The molecule has 2 rings (SSSR count). The second-order valence-corrected chi connectivity index (χ2v) is 4.64. The van der Waals surface area contributed by atoms with Crippen LogP contribution in [0.4, 0.5) is 14.7 Å². The number of Topliss-reactive ketones (excluding diaryl/α,β-unsaturated/α-hetero) is 1. The molecular weight excluding hydrogens is 322 g/mol. The summed E-state index contributed by atoms with van der Waals surface area (Å²) in [7, 11) is 1.44. The van der Waals surface area contributed by atoms with Crippen molar-refractivity contribution in [1.82, 2.24) is 15.4 Å². The first-order chi connectivity index (χ1) is 11.5. The molecular formula is C15H14F2N4O3. The fourth-order valence-electron chi connectivity index (χ4n) is 1.78. The Kier molecular flexibility index (Phi) is 5.72. The van der Waals surface area contributed by atoms with E-state index in [4.69, 9.17) is 4.74 Å². The van der Waals surface area contributed by atoms with Crippen LogP contribution in [0.15, 0.2) is 30.5 Å². The van der Waals surface area contributed by atoms with Gasteiger partial charge in [0.25, 0.3) is 0 Å². The van der Waals surface area contributed by atoms with E-state index in [-0.39, 0.29) is 24.4 Å². The van der Waals surface area contributed by atoms with E-state index in [1.807, 2.05) is 0 Å². The third-order valence-electron chi connectivity index (χ3n) is 2.96. The van der Waals surface area contributed by atoms with Gasteiger partial charge in [-0.15, -0.1) is 0 Å². The molecule has 0 radical (unpaired) electrons. The lowest BCUT2D eigenvalue weighted by Crippen LogP contribution is -2.30. The van der Waals surface area contributed by atoms with Crippen molar-refractivity contribution in [2.45, 2.75) is 12.8 Å². The van der Waals surface area contributed by atoms with E-state index in [9.17, 15) is 18.4 Å². The van der Waals surface area contributed by atoms with Gasteiger partial charge in [0.2, 0.25) is 17.7 Å². The molecule has 24 heavy (non-hydrogen) atoms. The molecule has 0 aliphatic carbocycles. The highest BCUT2D eigenvalue weighted by atomic mass is 19.1. The smallest absolute Gasteiger partial charge is 0.245 e. The summed E-state index contributed by atoms with van der Waals surface area (Å²) < 4.78 is 31.2. The standard InChI is InChI=1S/C15H14F2N4O3/c1-24-14-6-7-18-15(19-14)21-20-13(23)5-4-12(22)10-3-2-9(16)8-11(10)17/h2-3,6-8H,4-5H2,1H3,(H,20,23)(H,18,19,21). The molecule has 9 heteroatoms. The highest BCUT2D eigenvalue weighted by Gasteiger charge is 2.14. The number of hydrogen-bond donors (Lipinski definition) is 2. The molecule has 126 valence electrons. The highest BCUT2D eigenvalue weighted by Crippen LogP contribution is 2.12. The number of hydrazine groups is 1. The second kappa shape index (κ2) is 7.95. The summed E-state index contributed by atoms with van der Waals surface area (Å²) in [5.41, 5.74) is 4.51. The number of hydrogen-bond acceptors (Lipinski definition) is 6. The number of benzene rings is 1. The SMILES string of the molecule is COc1ccnc(NNC(=O)CCC(=O)c2ccc(F)cc2F)n1. The Balaban J connectivity index is 1.83. The molecule has 0 saturated heterocycles. The van der Waals surface area contributed by atoms with Crippen LogP contribution in [0.3, 0.4) is 0 Å². The summed E-state index contributed by atoms with van der Waals surface area (Å²) in [5.74, 6) is -2.42. The van der Waals surface area contributed by atoms with Gasteiger partial charge in [-0.2, -0.15) is 4.98 Å². The van der Waals surface area contributed by atoms with Gasteiger partial charge < -0.3 is 4.74 Å². The molecule has 0 aliphatic heterocycles. The normalized spacial score (nSPS) is 10.1. The average Bonchev–Trinajstić information content (AvgIpc) is 2.58. The zero-order valence-corrected chi connectivity index (χ0v) is 12.7. The first-order valence-electron chi connectivity index (χ1n) is 6.89. The van der Waals surface area contributed by atoms with Gasteiger partial charge in [0.05, 0.1) is 12.7 Å². The van der Waals surface area contributed by atoms with Crippen LogP contribution in [0, 0.1) is 11.6 Å². The van der Waals surface area contributed by atoms with Gasteiger partial charge in [-0.25, -0.2) is 13.8 Å². The lowest BCUT2D eigenvalue weighted by molar-refractivity contribution is -0.120. The Morgan fingerprint density at radius 3 is 2.71 bits per heavy atom. The summed E-state index contributed by atoms with van der Waals surface area (Å²) in [6.07, 6.45) is 1.02. The van der Waals surface area contributed by atoms with Crippen molar-refractivity contribution in [3.05, 3.63) is 47.7 Å². The van der Waals surface area contributed by atoms with Crippen LogP contribution in [0.1, 0.15) is 23.2 Å². The maximum absolute atomic E-state index is 13.5. The van der Waals surface area contributed by atoms with Crippen molar-refractivity contribution in [2.24, 2.45) is 0 Å². The van der Waals surface area contributed by atoms with Gasteiger partial charge in [-0.1, -0.05) is 0 Å². The number of nitrogens with one attached hydrogen (secondary N) is 2. The fourth-order valence-corrected chi connectivity index (χ4v) is 1.78. The van der Waals surface area contributed by atoms with Gasteiger partial charge in [-0.05, 0) is 12.1 Å². The summed E-state index contributed by atoms with van der Waals surface area (Å²) in [6.45, 7) is 0. The number of aromatic nitrogens is 2. The summed E-state index contributed by atoms with van der Waals surface area (Å²) in [4.78, 5) is 31.3. The molecule has 2 aromatic rings. The number of rotatable bonds is 7. The van der Waals surface area contributed by atoms with Gasteiger partial charge in [0.1, 0.15) is 11.6 Å². The number of halogens is 2. The molecule has 1 heterocycles. The summed E-state index contributed by atoms with van der Waals surface area (Å²) in [6, 6.07) is 4.18. The molecule has 7 nitrogen and oxygen atoms in total. The molecule has 1 aromatic carbocycles. The number of carbonyl (C=O) groups excluding carboxylic acids is 2. The zero-order chi connectivity index (χ0) is 17.5. The van der Waals surface area contributed by atoms with Gasteiger partial charge >= 0.3 is 0 Å². The molecule has 2 N–H and O–H groups in total. The molecule has 0 atom stereocenters. The van der Waals surface area contributed by atoms with Crippen molar-refractivity contribution < 1.29 is 23.1 Å². The van der Waals surface area contributed by atoms with E-state index in [2.05, 4.69) is 20.8 Å². The van der Waals surface area contributed by atoms with E-state index in [0.717, 1.165) is 12.1 Å². The van der Waals surface area contributed by atoms with Crippen LogP contribution in [0.2, 0.25) is 0 Å². The largest absolute Gasteiger partial charge is 0.481 e. The molecule has 0 aliphatic rings. The topological polar surface area (TPSA) is 93.2 Å². The molecule has 0 fully saturated rings. The van der Waals surface area contributed by atoms with Crippen LogP contribution in [0.25, 0.3) is 0 Å². The zero-order valence-electron chi connectivity index (χ0n) is 12.7. The lowest BCUT2D eigenvalue weighted by atomic mass is 10.1. The van der Waals surface area contributed by atoms with E-state index in [1.165, 1.54) is 19.4 Å². The Labute approximate surface area is 136 Å². The maximum atomic E-state index is 13.5. The molecule has 0 spiro atoms. The van der Waals surface area contributed by atoms with E-state index in [0.29, 0.717) is 11.9 Å². The van der Waals surface area contributed by atoms with E-state index in [1.54, 1.807) is 0 Å². The maximum Gasteiger partial charge on any atom is 0.245 e. The number of carbonyl (C=O) groups is 2. The number of nitrogens with zero attached hydrogens (tertiary/aromatic N) is 2. The Bertz CT molecular complexity index is 755. The van der Waals surface area contributed by atoms with Gasteiger partial charge in [-0.3, -0.25) is 20.4 Å². The second-order valence-electron chi connectivity index (χ2n) is 4.64. The fraction of sp³-hybridized carbons (Fsp3) is 0.200. The predicted octanol–water partition coefficient (Wildman–Crippen LogP) is 1.87. The molecule has 0 bridgehead atoms. The van der Waals surface area contributed by atoms with E-state index >= 15 is 0 Å². The molecule has 0 saturated carbocycles. The minimum atomic E-state index is -0.955. The monoisotopic (exact) mass is 336 g/mol. The van der Waals surface area contributed by atoms with Crippen LogP contribution in [0.5, 0.6) is 5.88 Å². The van der Waals surface area contributed by atoms with Crippen molar-refractivity contribution in [3.63, 3.8) is 0 Å². The van der Waals surface area contributed by atoms with Crippen LogP contribution < -0.4 is 15.6 Å². The van der Waals surface area contributed by atoms with Crippen LogP contribution in [-0.4, -0.2) is 28.8 Å². The number of amides is 1. The Hall–Kier alpha value is -3.10. The minimum absolute atomic E-state index is 0.110. The predicted molar refractivity (Wildman–Crippen MR) is 80.3 cm³/mol. The van der Waals surface area contributed by atoms with Crippen molar-refractivity contribution >= 4 is 17.6 Å². The van der Waals surface area contributed by atoms with Crippen LogP contribution in [-0.2, 0) is 4.79 Å². The lowest BCUT2D eigenvalue weighted by Gasteiger charge is -2.07. The third kappa shape index (κ3) is 4.70. The average molecular weight is 336 g/mol. The van der Waals surface area contributed by atoms with E-state index < -0.39 is 23.3 Å². The van der Waals surface area contributed by atoms with Gasteiger partial charge in [0, 0.05) is 31.2 Å². The Morgan fingerprint density at radius 1 is 1.21 bits per heavy atom. The third-order valence-corrected chi connectivity index (χ3v) is 2.96. The minimum Gasteiger partial charge on any atom is -0.481 e. The number of ketones is 1. The first kappa shape index (κ1) is 17.3. The Morgan fingerprint density at radius 2 is 2.00 bits per heavy atom. The van der Waals surface area contributed by atoms with Crippen molar-refractivity contribution in [2.75, 3.05) is 12.5 Å². The summed E-state index contributed by atoms with van der Waals surface area (Å²) >= 11 is 0. The highest BCUT2D eigenvalue weighted by molar-refractivity contribution is 5.98. The van der Waals surface area contributed by atoms with Crippen molar-refractivity contribution in [3.8, 4) is 5.88 Å².